The van der Waals surface area contributed by atoms with Crippen molar-refractivity contribution in [2.24, 2.45) is 0 Å². The number of rotatable bonds is 4. The molecular formula is C16H28ClF2NO2S. The number of nitrogens with one attached hydrogen (secondary N) is 1. The molecule has 0 radical (unpaired) electrons. The van der Waals surface area contributed by atoms with E-state index in [9.17, 15) is 13.0 Å². The van der Waals surface area contributed by atoms with Crippen LogP contribution in [0.1, 0.15) is 54.0 Å². The second kappa shape index (κ2) is 11.8. The Balaban J connectivity index is 0. The van der Waals surface area contributed by atoms with Gasteiger partial charge in [0.1, 0.15) is 21.8 Å². The lowest BCUT2D eigenvalue weighted by Crippen LogP contribution is -2.37. The second-order valence-electron chi connectivity index (χ2n) is 5.02. The predicted molar refractivity (Wildman–Crippen MR) is 94.8 cm³/mol. The van der Waals surface area contributed by atoms with E-state index >= 15 is 0 Å². The molecule has 1 aromatic rings. The molecular weight excluding hydrogens is 344 g/mol. The highest BCUT2D eigenvalue weighted by Crippen LogP contribution is 2.34. The van der Waals surface area contributed by atoms with Crippen LogP contribution in [0.3, 0.4) is 0 Å². The summed E-state index contributed by atoms with van der Waals surface area (Å²) in [5, 5.41) is -0.0598. The zero-order valence-electron chi connectivity index (χ0n) is 15.1. The van der Waals surface area contributed by atoms with Crippen molar-refractivity contribution >= 4 is 22.6 Å². The maximum Gasteiger partial charge on any atom is 0.387 e. The summed E-state index contributed by atoms with van der Waals surface area (Å²) in [5.41, 5.74) is 0.0600. The Bertz CT molecular complexity index is 492. The predicted octanol–water partition coefficient (Wildman–Crippen LogP) is 5.71. The molecule has 1 unspecified atom stereocenters. The Hall–Kier alpha value is -0.720. The quantitative estimate of drug-likeness (QED) is 0.735. The Morgan fingerprint density at radius 2 is 1.65 bits per heavy atom. The lowest BCUT2D eigenvalue weighted by Gasteiger charge is -2.20. The summed E-state index contributed by atoms with van der Waals surface area (Å²) in [6, 6.07) is 3.08. The van der Waals surface area contributed by atoms with Crippen molar-refractivity contribution in [3.8, 4) is 5.75 Å². The number of aryl methyl sites for hydroxylation is 1. The average Bonchev–Trinajstić information content (AvgIpc) is 2.45. The van der Waals surface area contributed by atoms with Crippen molar-refractivity contribution in [1.82, 2.24) is 4.72 Å². The molecule has 136 valence electrons. The first kappa shape index (κ1) is 24.5. The summed E-state index contributed by atoms with van der Waals surface area (Å²) in [4.78, 5) is 0.220. The largest absolute Gasteiger partial charge is 0.433 e. The Morgan fingerprint density at radius 1 is 1.17 bits per heavy atom. The summed E-state index contributed by atoms with van der Waals surface area (Å²) in [5.74, 6) is -0.141. The van der Waals surface area contributed by atoms with Crippen molar-refractivity contribution in [2.45, 2.75) is 72.4 Å². The van der Waals surface area contributed by atoms with Gasteiger partial charge >= 0.3 is 6.61 Å². The zero-order valence-corrected chi connectivity index (χ0v) is 16.7. The van der Waals surface area contributed by atoms with Crippen LogP contribution in [0.2, 0.25) is 5.02 Å². The molecule has 1 atom stereocenters. The van der Waals surface area contributed by atoms with E-state index < -0.39 is 23.1 Å². The maximum absolute atomic E-state index is 12.3. The van der Waals surface area contributed by atoms with Crippen LogP contribution < -0.4 is 9.46 Å². The fraction of sp³-hybridized carbons (Fsp3) is 0.625. The van der Waals surface area contributed by atoms with E-state index in [0.29, 0.717) is 5.56 Å². The first-order valence-electron chi connectivity index (χ1n) is 7.55. The molecule has 0 aromatic heterocycles. The second-order valence-corrected chi connectivity index (χ2v) is 6.58. The van der Waals surface area contributed by atoms with E-state index in [-0.39, 0.29) is 15.7 Å². The molecule has 0 amide bonds. The zero-order chi connectivity index (χ0) is 18.8. The minimum atomic E-state index is -2.98. The molecule has 0 spiro atoms. The standard InChI is InChI=1S/C12H16ClF2NO2S.2C2H6/c1-7-5-6-8(19(17)16-12(2,3)4)9(13)10(7)18-11(14)15;2*1-2/h5-6,11,16H,1-4H3;2*1-2H3. The number of hydrogen-bond acceptors (Lipinski definition) is 2. The molecule has 1 aromatic carbocycles. The van der Waals surface area contributed by atoms with Crippen LogP contribution in [0.25, 0.3) is 0 Å². The van der Waals surface area contributed by atoms with Crippen molar-refractivity contribution in [1.29, 1.82) is 0 Å². The Morgan fingerprint density at radius 3 is 2.04 bits per heavy atom. The number of ether oxygens (including phenoxy) is 1. The van der Waals surface area contributed by atoms with E-state index in [0.717, 1.165) is 0 Å². The van der Waals surface area contributed by atoms with Gasteiger partial charge in [-0.3, -0.25) is 0 Å². The van der Waals surface area contributed by atoms with E-state index in [1.165, 1.54) is 6.07 Å². The minimum Gasteiger partial charge on any atom is -0.433 e. The summed E-state index contributed by atoms with van der Waals surface area (Å²) >= 11 is 5.99. The molecule has 23 heavy (non-hydrogen) atoms. The molecule has 7 heteroatoms. The molecule has 0 saturated heterocycles. The monoisotopic (exact) mass is 371 g/mol. The van der Waals surface area contributed by atoms with Crippen molar-refractivity contribution in [3.63, 3.8) is 0 Å². The van der Waals surface area contributed by atoms with Gasteiger partial charge in [0.15, 0.2) is 0 Å². The molecule has 0 bridgehead atoms. The van der Waals surface area contributed by atoms with Crippen LogP contribution in [0.4, 0.5) is 8.78 Å². The molecule has 0 aliphatic heterocycles. The highest BCUT2D eigenvalue weighted by molar-refractivity contribution is 7.83. The van der Waals surface area contributed by atoms with Crippen molar-refractivity contribution < 1.29 is 17.7 Å². The van der Waals surface area contributed by atoms with Crippen LogP contribution in [0.5, 0.6) is 5.75 Å². The normalized spacial score (nSPS) is 11.8. The van der Waals surface area contributed by atoms with E-state index in [4.69, 9.17) is 11.6 Å². The number of alkyl halides is 2. The van der Waals surface area contributed by atoms with E-state index in [1.807, 2.05) is 48.5 Å². The lowest BCUT2D eigenvalue weighted by molar-refractivity contribution is -0.0503. The van der Waals surface area contributed by atoms with Crippen LogP contribution in [0, 0.1) is 6.92 Å². The maximum atomic E-state index is 12.3. The molecule has 0 aliphatic carbocycles. The van der Waals surface area contributed by atoms with Gasteiger partial charge < -0.3 is 4.74 Å². The first-order valence-corrected chi connectivity index (χ1v) is 9.08. The highest BCUT2D eigenvalue weighted by atomic mass is 35.5. The smallest absolute Gasteiger partial charge is 0.387 e. The van der Waals surface area contributed by atoms with Gasteiger partial charge in [0, 0.05) is 5.54 Å². The lowest BCUT2D eigenvalue weighted by atomic mass is 10.1. The summed E-state index contributed by atoms with van der Waals surface area (Å²) in [6.07, 6.45) is 0. The number of hydrogen-bond donors (Lipinski definition) is 1. The van der Waals surface area contributed by atoms with Crippen molar-refractivity contribution in [3.05, 3.63) is 22.7 Å². The van der Waals surface area contributed by atoms with Crippen LogP contribution in [-0.2, 0) is 11.0 Å². The molecule has 0 saturated carbocycles. The Kier molecular flexibility index (Phi) is 12.5. The van der Waals surface area contributed by atoms with Crippen molar-refractivity contribution in [2.75, 3.05) is 0 Å². The summed E-state index contributed by atoms with van der Waals surface area (Å²) < 4.78 is 43.9. The fourth-order valence-electron chi connectivity index (χ4n) is 1.34. The Labute approximate surface area is 146 Å². The van der Waals surface area contributed by atoms with Gasteiger partial charge in [-0.25, -0.2) is 8.93 Å². The van der Waals surface area contributed by atoms with Gasteiger partial charge in [0.25, 0.3) is 0 Å². The van der Waals surface area contributed by atoms with E-state index in [2.05, 4.69) is 9.46 Å². The number of benzene rings is 1. The summed E-state index contributed by atoms with van der Waals surface area (Å²) in [6.45, 7) is 12.1. The van der Waals surface area contributed by atoms with Gasteiger partial charge in [-0.15, -0.1) is 0 Å². The molecule has 1 N–H and O–H groups in total. The average molecular weight is 372 g/mol. The van der Waals surface area contributed by atoms with Crippen LogP contribution in [-0.4, -0.2) is 16.4 Å². The SMILES string of the molecule is CC.CC.Cc1ccc(S(=O)NC(C)(C)C)c(Cl)c1OC(F)F. The molecule has 0 aliphatic rings. The minimum absolute atomic E-state index is 0.0598. The van der Waals surface area contributed by atoms with Gasteiger partial charge in [0.05, 0.1) is 4.90 Å². The van der Waals surface area contributed by atoms with Gasteiger partial charge in [0.2, 0.25) is 0 Å². The van der Waals surface area contributed by atoms with Gasteiger partial charge in [-0.1, -0.05) is 45.4 Å². The third-order valence-corrected chi connectivity index (χ3v) is 4.09. The van der Waals surface area contributed by atoms with Gasteiger partial charge in [-0.2, -0.15) is 8.78 Å². The molecule has 3 nitrogen and oxygen atoms in total. The van der Waals surface area contributed by atoms with E-state index in [1.54, 1.807) is 13.0 Å². The topological polar surface area (TPSA) is 38.3 Å². The van der Waals surface area contributed by atoms with Crippen LogP contribution in [0.15, 0.2) is 17.0 Å². The van der Waals surface area contributed by atoms with Crippen LogP contribution >= 0.6 is 11.6 Å². The fourth-order valence-corrected chi connectivity index (χ4v) is 2.92. The van der Waals surface area contributed by atoms with Gasteiger partial charge in [-0.05, 0) is 39.3 Å². The molecule has 0 heterocycles. The summed E-state index contributed by atoms with van der Waals surface area (Å²) in [7, 11) is -1.60. The first-order chi connectivity index (χ1) is 10.6. The molecule has 1 rings (SSSR count). The number of halogens is 3. The third-order valence-electron chi connectivity index (χ3n) is 2.06. The molecule has 0 fully saturated rings. The highest BCUT2D eigenvalue weighted by Gasteiger charge is 2.21. The third kappa shape index (κ3) is 9.23.